The minimum atomic E-state index is 0.634. The number of rotatable bonds is 3. The van der Waals surface area contributed by atoms with Crippen molar-refractivity contribution in [2.24, 2.45) is 5.73 Å². The van der Waals surface area contributed by atoms with Gasteiger partial charge in [0, 0.05) is 12.0 Å². The highest BCUT2D eigenvalue weighted by Gasteiger charge is 2.10. The smallest absolute Gasteiger partial charge is 0.124 e. The van der Waals surface area contributed by atoms with Crippen LogP contribution < -0.4 is 5.73 Å². The average molecular weight is 311 g/mol. The molecule has 2 N–H and O–H groups in total. The van der Waals surface area contributed by atoms with E-state index in [0.717, 1.165) is 20.9 Å². The minimum Gasteiger partial charge on any atom is -0.330 e. The van der Waals surface area contributed by atoms with Crippen molar-refractivity contribution in [2.75, 3.05) is 6.54 Å². The maximum absolute atomic E-state index is 5.57. The molecule has 0 atom stereocenters. The quantitative estimate of drug-likeness (QED) is 0.939. The lowest BCUT2D eigenvalue weighted by molar-refractivity contribution is 0.931. The molecule has 0 saturated heterocycles. The minimum absolute atomic E-state index is 0.634. The Morgan fingerprint density at radius 2 is 2.06 bits per heavy atom. The van der Waals surface area contributed by atoms with Gasteiger partial charge in [-0.1, -0.05) is 12.1 Å². The Hall–Kier alpha value is -0.710. The SMILES string of the molecule is Cc1ccc(-c2nc(CCN)c(Br)s2)cc1C. The molecule has 0 aliphatic rings. The molecule has 0 amide bonds. The number of aromatic nitrogens is 1. The lowest BCUT2D eigenvalue weighted by atomic mass is 10.1. The van der Waals surface area contributed by atoms with E-state index in [-0.39, 0.29) is 0 Å². The normalized spacial score (nSPS) is 10.8. The number of benzene rings is 1. The van der Waals surface area contributed by atoms with Gasteiger partial charge < -0.3 is 5.73 Å². The molecular weight excluding hydrogens is 296 g/mol. The average Bonchev–Trinajstić information content (AvgIpc) is 2.65. The Labute approximate surface area is 114 Å². The number of halogens is 1. The second-order valence-corrected chi connectivity index (χ2v) is 6.39. The van der Waals surface area contributed by atoms with Crippen LogP contribution in [0.25, 0.3) is 10.6 Å². The van der Waals surface area contributed by atoms with Crippen molar-refractivity contribution >= 4 is 27.3 Å². The van der Waals surface area contributed by atoms with Crippen LogP contribution in [0.4, 0.5) is 0 Å². The fourth-order valence-corrected chi connectivity index (χ4v) is 3.20. The standard InChI is InChI=1S/C13H15BrN2S/c1-8-3-4-10(7-9(8)2)13-16-11(5-6-15)12(14)17-13/h3-4,7H,5-6,15H2,1-2H3. The third kappa shape index (κ3) is 2.76. The number of aryl methyl sites for hydroxylation is 2. The fourth-order valence-electron chi connectivity index (χ4n) is 1.62. The third-order valence-corrected chi connectivity index (χ3v) is 4.66. The molecular formula is C13H15BrN2S. The molecule has 17 heavy (non-hydrogen) atoms. The van der Waals surface area contributed by atoms with Gasteiger partial charge in [-0.15, -0.1) is 11.3 Å². The van der Waals surface area contributed by atoms with Crippen molar-refractivity contribution in [1.29, 1.82) is 0 Å². The topological polar surface area (TPSA) is 38.9 Å². The van der Waals surface area contributed by atoms with E-state index in [0.29, 0.717) is 6.54 Å². The number of hydrogen-bond donors (Lipinski definition) is 1. The van der Waals surface area contributed by atoms with E-state index in [1.807, 2.05) is 0 Å². The van der Waals surface area contributed by atoms with E-state index in [1.165, 1.54) is 16.7 Å². The van der Waals surface area contributed by atoms with Gasteiger partial charge in [0.25, 0.3) is 0 Å². The van der Waals surface area contributed by atoms with Crippen molar-refractivity contribution in [1.82, 2.24) is 4.98 Å². The second kappa shape index (κ2) is 5.29. The Bertz CT molecular complexity index is 534. The molecule has 1 aromatic carbocycles. The second-order valence-electron chi connectivity index (χ2n) is 4.08. The lowest BCUT2D eigenvalue weighted by Gasteiger charge is -2.01. The van der Waals surface area contributed by atoms with Gasteiger partial charge in [-0.3, -0.25) is 0 Å². The van der Waals surface area contributed by atoms with Crippen LogP contribution in [-0.2, 0) is 6.42 Å². The van der Waals surface area contributed by atoms with Crippen molar-refractivity contribution in [3.05, 3.63) is 38.8 Å². The van der Waals surface area contributed by atoms with Gasteiger partial charge in [0.1, 0.15) is 5.01 Å². The predicted octanol–water partition coefficient (Wildman–Crippen LogP) is 3.69. The van der Waals surface area contributed by atoms with Crippen molar-refractivity contribution in [3.63, 3.8) is 0 Å². The molecule has 4 heteroatoms. The van der Waals surface area contributed by atoms with Crippen molar-refractivity contribution in [3.8, 4) is 10.6 Å². The first-order valence-corrected chi connectivity index (χ1v) is 7.15. The number of nitrogens with two attached hydrogens (primary N) is 1. The fraction of sp³-hybridized carbons (Fsp3) is 0.308. The summed E-state index contributed by atoms with van der Waals surface area (Å²) in [7, 11) is 0. The van der Waals surface area contributed by atoms with Crippen LogP contribution in [0.3, 0.4) is 0 Å². The highest BCUT2D eigenvalue weighted by Crippen LogP contribution is 2.32. The van der Waals surface area contributed by atoms with E-state index in [1.54, 1.807) is 11.3 Å². The summed E-state index contributed by atoms with van der Waals surface area (Å²) in [5.41, 5.74) is 10.4. The van der Waals surface area contributed by atoms with Gasteiger partial charge in [-0.2, -0.15) is 0 Å². The van der Waals surface area contributed by atoms with Crippen LogP contribution in [0.5, 0.6) is 0 Å². The highest BCUT2D eigenvalue weighted by atomic mass is 79.9. The number of hydrogen-bond acceptors (Lipinski definition) is 3. The van der Waals surface area contributed by atoms with E-state index < -0.39 is 0 Å². The number of thiazole rings is 1. The first-order chi connectivity index (χ1) is 8.11. The Morgan fingerprint density at radius 3 is 2.71 bits per heavy atom. The van der Waals surface area contributed by atoms with E-state index in [2.05, 4.69) is 53.0 Å². The molecule has 0 aliphatic carbocycles. The molecule has 2 aromatic rings. The lowest BCUT2D eigenvalue weighted by Crippen LogP contribution is -2.03. The molecule has 0 spiro atoms. The third-order valence-electron chi connectivity index (χ3n) is 2.78. The Balaban J connectivity index is 2.39. The molecule has 0 fully saturated rings. The summed E-state index contributed by atoms with van der Waals surface area (Å²) in [4.78, 5) is 4.63. The zero-order chi connectivity index (χ0) is 12.4. The van der Waals surface area contributed by atoms with Crippen LogP contribution in [-0.4, -0.2) is 11.5 Å². The summed E-state index contributed by atoms with van der Waals surface area (Å²) in [6, 6.07) is 6.45. The van der Waals surface area contributed by atoms with Gasteiger partial charge in [0.2, 0.25) is 0 Å². The molecule has 0 bridgehead atoms. The van der Waals surface area contributed by atoms with Gasteiger partial charge in [0.15, 0.2) is 0 Å². The van der Waals surface area contributed by atoms with E-state index >= 15 is 0 Å². The molecule has 2 nitrogen and oxygen atoms in total. The molecule has 1 heterocycles. The largest absolute Gasteiger partial charge is 0.330 e. The monoisotopic (exact) mass is 310 g/mol. The van der Waals surface area contributed by atoms with Gasteiger partial charge in [0.05, 0.1) is 9.48 Å². The maximum atomic E-state index is 5.57. The van der Waals surface area contributed by atoms with E-state index in [9.17, 15) is 0 Å². The summed E-state index contributed by atoms with van der Waals surface area (Å²) < 4.78 is 1.09. The van der Waals surface area contributed by atoms with E-state index in [4.69, 9.17) is 5.73 Å². The van der Waals surface area contributed by atoms with Gasteiger partial charge >= 0.3 is 0 Å². The van der Waals surface area contributed by atoms with Crippen LogP contribution >= 0.6 is 27.3 Å². The predicted molar refractivity (Wildman–Crippen MR) is 77.5 cm³/mol. The zero-order valence-electron chi connectivity index (χ0n) is 9.96. The molecule has 2 rings (SSSR count). The molecule has 0 unspecified atom stereocenters. The first kappa shape index (κ1) is 12.7. The molecule has 0 radical (unpaired) electrons. The highest BCUT2D eigenvalue weighted by molar-refractivity contribution is 9.11. The van der Waals surface area contributed by atoms with Gasteiger partial charge in [-0.05, 0) is 53.5 Å². The first-order valence-electron chi connectivity index (χ1n) is 5.54. The van der Waals surface area contributed by atoms with Crippen LogP contribution in [0.1, 0.15) is 16.8 Å². The Kier molecular flexibility index (Phi) is 3.97. The Morgan fingerprint density at radius 1 is 1.29 bits per heavy atom. The molecule has 0 aliphatic heterocycles. The molecule has 90 valence electrons. The van der Waals surface area contributed by atoms with Crippen LogP contribution in [0.15, 0.2) is 22.0 Å². The molecule has 0 saturated carbocycles. The maximum Gasteiger partial charge on any atom is 0.124 e. The summed E-state index contributed by atoms with van der Waals surface area (Å²) in [5, 5.41) is 1.06. The summed E-state index contributed by atoms with van der Waals surface area (Å²) in [5.74, 6) is 0. The molecule has 1 aromatic heterocycles. The van der Waals surface area contributed by atoms with Crippen molar-refractivity contribution in [2.45, 2.75) is 20.3 Å². The zero-order valence-corrected chi connectivity index (χ0v) is 12.4. The van der Waals surface area contributed by atoms with Gasteiger partial charge in [-0.25, -0.2) is 4.98 Å². The van der Waals surface area contributed by atoms with Crippen LogP contribution in [0.2, 0.25) is 0 Å². The number of nitrogens with zero attached hydrogens (tertiary/aromatic N) is 1. The van der Waals surface area contributed by atoms with Crippen LogP contribution in [0, 0.1) is 13.8 Å². The summed E-state index contributed by atoms with van der Waals surface area (Å²) in [6.07, 6.45) is 0.821. The summed E-state index contributed by atoms with van der Waals surface area (Å²) in [6.45, 7) is 4.88. The summed E-state index contributed by atoms with van der Waals surface area (Å²) >= 11 is 5.22. The van der Waals surface area contributed by atoms with Crippen molar-refractivity contribution < 1.29 is 0 Å².